The molecule has 0 amide bonds. The summed E-state index contributed by atoms with van der Waals surface area (Å²) in [6.07, 6.45) is 1.69. The molecule has 0 aromatic heterocycles. The average molecular weight is 195 g/mol. The van der Waals surface area contributed by atoms with Gasteiger partial charge < -0.3 is 4.43 Å². The molecular weight excluding hydrogens is 184 g/mol. The molecule has 0 spiro atoms. The molecule has 0 N–H and O–H groups in total. The first-order valence-electron chi connectivity index (χ1n) is 2.49. The lowest BCUT2D eigenvalue weighted by Gasteiger charge is -2.13. The monoisotopic (exact) mass is 194 g/mol. The second-order valence-electron chi connectivity index (χ2n) is 2.49. The Balaban J connectivity index is 3.39. The topological polar surface area (TPSA) is 9.23 Å². The maximum atomic E-state index is 5.29. The Morgan fingerprint density at radius 3 is 2.00 bits per heavy atom. The third-order valence-corrected chi connectivity index (χ3v) is 1.53. The molecule has 0 bridgehead atoms. The zero-order valence-electron chi connectivity index (χ0n) is 5.44. The van der Waals surface area contributed by atoms with Gasteiger partial charge in [0, 0.05) is 4.99 Å². The highest BCUT2D eigenvalue weighted by atomic mass is 79.9. The van der Waals surface area contributed by atoms with Crippen molar-refractivity contribution in [3.63, 3.8) is 0 Å². The van der Waals surface area contributed by atoms with Crippen molar-refractivity contribution < 1.29 is 4.43 Å². The number of hydrogen-bond acceptors (Lipinski definition) is 1. The van der Waals surface area contributed by atoms with Crippen LogP contribution in [0.2, 0.25) is 19.6 Å². The SMILES string of the molecule is C[Si](C)(C)O/C=C/Br. The van der Waals surface area contributed by atoms with Gasteiger partial charge in [0.15, 0.2) is 0 Å². The first-order valence-corrected chi connectivity index (χ1v) is 6.82. The van der Waals surface area contributed by atoms with Crippen LogP contribution in [-0.4, -0.2) is 8.32 Å². The lowest BCUT2D eigenvalue weighted by molar-refractivity contribution is 0.481. The molecule has 1 nitrogen and oxygen atoms in total. The third-order valence-electron chi connectivity index (χ3n) is 0.473. The summed E-state index contributed by atoms with van der Waals surface area (Å²) < 4.78 is 5.29. The molecule has 0 saturated carbocycles. The van der Waals surface area contributed by atoms with E-state index in [1.807, 2.05) is 0 Å². The molecule has 48 valence electrons. The van der Waals surface area contributed by atoms with E-state index in [2.05, 4.69) is 35.6 Å². The number of halogens is 1. The Morgan fingerprint density at radius 2 is 1.88 bits per heavy atom. The zero-order chi connectivity index (χ0) is 6.62. The van der Waals surface area contributed by atoms with Crippen LogP contribution in [0.25, 0.3) is 0 Å². The molecule has 0 unspecified atom stereocenters. The van der Waals surface area contributed by atoms with Crippen LogP contribution in [0.4, 0.5) is 0 Å². The highest BCUT2D eigenvalue weighted by Crippen LogP contribution is 2.02. The first kappa shape index (κ1) is 8.24. The fourth-order valence-electron chi connectivity index (χ4n) is 0.230. The maximum absolute atomic E-state index is 5.29. The highest BCUT2D eigenvalue weighted by molar-refractivity contribution is 9.11. The Bertz CT molecular complexity index is 84.9. The van der Waals surface area contributed by atoms with Crippen molar-refractivity contribution in [1.29, 1.82) is 0 Å². The van der Waals surface area contributed by atoms with Crippen molar-refractivity contribution in [3.05, 3.63) is 11.2 Å². The van der Waals surface area contributed by atoms with Gasteiger partial charge in [0.1, 0.15) is 0 Å². The lowest BCUT2D eigenvalue weighted by atomic mass is 11.2. The van der Waals surface area contributed by atoms with E-state index < -0.39 is 8.32 Å². The van der Waals surface area contributed by atoms with Crippen LogP contribution < -0.4 is 0 Å². The van der Waals surface area contributed by atoms with Gasteiger partial charge in [-0.3, -0.25) is 0 Å². The minimum atomic E-state index is -1.29. The van der Waals surface area contributed by atoms with Gasteiger partial charge >= 0.3 is 0 Å². The van der Waals surface area contributed by atoms with Crippen LogP contribution in [0.3, 0.4) is 0 Å². The van der Waals surface area contributed by atoms with Crippen molar-refractivity contribution in [1.82, 2.24) is 0 Å². The minimum absolute atomic E-state index is 1.29. The summed E-state index contributed by atoms with van der Waals surface area (Å²) in [5.41, 5.74) is 0. The van der Waals surface area contributed by atoms with Crippen molar-refractivity contribution in [2.45, 2.75) is 19.6 Å². The van der Waals surface area contributed by atoms with Gasteiger partial charge in [0.2, 0.25) is 8.32 Å². The lowest BCUT2D eigenvalue weighted by Crippen LogP contribution is -2.21. The zero-order valence-corrected chi connectivity index (χ0v) is 8.03. The highest BCUT2D eigenvalue weighted by Gasteiger charge is 2.12. The summed E-state index contributed by atoms with van der Waals surface area (Å²) in [4.78, 5) is 1.73. The van der Waals surface area contributed by atoms with Crippen LogP contribution in [0, 0.1) is 0 Å². The van der Waals surface area contributed by atoms with E-state index in [9.17, 15) is 0 Å². The molecule has 0 aromatic rings. The number of hydrogen-bond donors (Lipinski definition) is 0. The third kappa shape index (κ3) is 6.24. The fourth-order valence-corrected chi connectivity index (χ4v) is 1.01. The van der Waals surface area contributed by atoms with Crippen LogP contribution in [0.15, 0.2) is 11.2 Å². The second-order valence-corrected chi connectivity index (χ2v) is 7.48. The van der Waals surface area contributed by atoms with E-state index >= 15 is 0 Å². The predicted octanol–water partition coefficient (Wildman–Crippen LogP) is 2.70. The molecule has 0 saturated heterocycles. The minimum Gasteiger partial charge on any atom is -0.549 e. The summed E-state index contributed by atoms with van der Waals surface area (Å²) in [6.45, 7) is 6.42. The fraction of sp³-hybridized carbons (Fsp3) is 0.600. The predicted molar refractivity (Wildman–Crippen MR) is 42.5 cm³/mol. The van der Waals surface area contributed by atoms with Crippen LogP contribution in [0.5, 0.6) is 0 Å². The number of rotatable bonds is 2. The Kier molecular flexibility index (Phi) is 3.40. The van der Waals surface area contributed by atoms with E-state index in [-0.39, 0.29) is 0 Å². The van der Waals surface area contributed by atoms with Crippen molar-refractivity contribution in [2.24, 2.45) is 0 Å². The summed E-state index contributed by atoms with van der Waals surface area (Å²) in [6, 6.07) is 0. The van der Waals surface area contributed by atoms with Gasteiger partial charge in [-0.05, 0) is 19.6 Å². The summed E-state index contributed by atoms with van der Waals surface area (Å²) in [5.74, 6) is 0. The molecule has 0 aliphatic carbocycles. The van der Waals surface area contributed by atoms with E-state index in [1.165, 1.54) is 0 Å². The first-order chi connectivity index (χ1) is 3.56. The van der Waals surface area contributed by atoms with E-state index in [4.69, 9.17) is 4.43 Å². The van der Waals surface area contributed by atoms with Crippen LogP contribution in [-0.2, 0) is 4.43 Å². The molecule has 0 fully saturated rings. The molecule has 0 heterocycles. The summed E-state index contributed by atoms with van der Waals surface area (Å²) >= 11 is 3.12. The standard InChI is InChI=1S/C5H11BrOSi/c1-8(2,3)7-5-4-6/h4-5H,1-3H3/b5-4+. The van der Waals surface area contributed by atoms with Gasteiger partial charge in [0.05, 0.1) is 6.26 Å². The molecular formula is C5H11BrOSi. The Labute approximate surface area is 60.0 Å². The Hall–Kier alpha value is 0.237. The molecule has 8 heavy (non-hydrogen) atoms. The van der Waals surface area contributed by atoms with Gasteiger partial charge in [-0.1, -0.05) is 15.9 Å². The van der Waals surface area contributed by atoms with Crippen LogP contribution >= 0.6 is 15.9 Å². The quantitative estimate of drug-likeness (QED) is 0.486. The molecule has 0 atom stereocenters. The van der Waals surface area contributed by atoms with Crippen molar-refractivity contribution in [2.75, 3.05) is 0 Å². The smallest absolute Gasteiger partial charge is 0.241 e. The molecule has 0 aliphatic rings. The van der Waals surface area contributed by atoms with Gasteiger partial charge in [-0.25, -0.2) is 0 Å². The van der Waals surface area contributed by atoms with E-state index in [1.54, 1.807) is 11.2 Å². The van der Waals surface area contributed by atoms with Gasteiger partial charge in [-0.15, -0.1) is 0 Å². The average Bonchev–Trinajstić information content (AvgIpc) is 1.59. The summed E-state index contributed by atoms with van der Waals surface area (Å²) in [7, 11) is -1.29. The maximum Gasteiger partial charge on any atom is 0.241 e. The molecule has 3 heteroatoms. The second kappa shape index (κ2) is 3.30. The molecule has 0 aromatic carbocycles. The molecule has 0 rings (SSSR count). The van der Waals surface area contributed by atoms with Gasteiger partial charge in [0.25, 0.3) is 0 Å². The molecule has 0 radical (unpaired) electrons. The molecule has 0 aliphatic heterocycles. The van der Waals surface area contributed by atoms with Crippen LogP contribution in [0.1, 0.15) is 0 Å². The van der Waals surface area contributed by atoms with Crippen molar-refractivity contribution >= 4 is 24.2 Å². The normalized spacial score (nSPS) is 12.5. The van der Waals surface area contributed by atoms with Crippen molar-refractivity contribution in [3.8, 4) is 0 Å². The summed E-state index contributed by atoms with van der Waals surface area (Å²) in [5, 5.41) is 0. The van der Waals surface area contributed by atoms with E-state index in [0.29, 0.717) is 0 Å². The van der Waals surface area contributed by atoms with E-state index in [0.717, 1.165) is 0 Å². The van der Waals surface area contributed by atoms with Gasteiger partial charge in [-0.2, -0.15) is 0 Å². The Morgan fingerprint density at radius 1 is 1.38 bits per heavy atom. The largest absolute Gasteiger partial charge is 0.549 e.